The second-order valence-electron chi connectivity index (χ2n) is 3.76. The van der Waals surface area contributed by atoms with Crippen molar-refractivity contribution < 1.29 is 14.3 Å². The highest BCUT2D eigenvalue weighted by atomic mass is 16.5. The molecular weight excluding hydrogens is 180 g/mol. The number of aliphatic hydroxyl groups is 1. The monoisotopic (exact) mass is 196 g/mol. The van der Waals surface area contributed by atoms with E-state index in [4.69, 9.17) is 9.15 Å². The first-order valence-electron chi connectivity index (χ1n) is 5.19. The molecule has 0 amide bonds. The Labute approximate surface area is 83.7 Å². The summed E-state index contributed by atoms with van der Waals surface area (Å²) in [5.74, 6) is 0.638. The lowest BCUT2D eigenvalue weighted by Gasteiger charge is -2.23. The molecule has 1 saturated heterocycles. The first kappa shape index (κ1) is 9.74. The predicted octanol–water partition coefficient (Wildman–Crippen LogP) is 2.27. The number of furan rings is 1. The highest BCUT2D eigenvalue weighted by Gasteiger charge is 2.20. The molecule has 1 aromatic heterocycles. The molecule has 2 rings (SSSR count). The van der Waals surface area contributed by atoms with Gasteiger partial charge in [-0.05, 0) is 31.4 Å². The van der Waals surface area contributed by atoms with Crippen molar-refractivity contribution in [3.05, 3.63) is 24.2 Å². The van der Waals surface area contributed by atoms with Gasteiger partial charge in [-0.25, -0.2) is 0 Å². The third-order valence-electron chi connectivity index (χ3n) is 2.63. The van der Waals surface area contributed by atoms with Crippen LogP contribution in [0.1, 0.15) is 37.5 Å². The van der Waals surface area contributed by atoms with Crippen molar-refractivity contribution in [1.29, 1.82) is 0 Å². The van der Waals surface area contributed by atoms with Crippen LogP contribution in [-0.4, -0.2) is 17.8 Å². The summed E-state index contributed by atoms with van der Waals surface area (Å²) in [6.07, 6.45) is 5.31. The lowest BCUT2D eigenvalue weighted by Crippen LogP contribution is -2.21. The topological polar surface area (TPSA) is 42.6 Å². The summed E-state index contributed by atoms with van der Waals surface area (Å²) in [6.45, 7) is 0.829. The lowest BCUT2D eigenvalue weighted by molar-refractivity contribution is -0.0194. The molecule has 1 fully saturated rings. The largest absolute Gasteiger partial charge is 0.467 e. The van der Waals surface area contributed by atoms with Crippen LogP contribution >= 0.6 is 0 Å². The highest BCUT2D eigenvalue weighted by Crippen LogP contribution is 2.24. The Hall–Kier alpha value is -0.800. The second kappa shape index (κ2) is 4.62. The molecule has 2 unspecified atom stereocenters. The van der Waals surface area contributed by atoms with Gasteiger partial charge in [0.25, 0.3) is 0 Å². The zero-order valence-electron chi connectivity index (χ0n) is 8.19. The molecule has 2 atom stereocenters. The molecular formula is C11H16O3. The molecule has 2 heterocycles. The van der Waals surface area contributed by atoms with Gasteiger partial charge in [0, 0.05) is 13.0 Å². The SMILES string of the molecule is OC(CC1CCCCO1)c1ccco1. The molecule has 14 heavy (non-hydrogen) atoms. The Morgan fingerprint density at radius 3 is 3.07 bits per heavy atom. The maximum atomic E-state index is 9.79. The Morgan fingerprint density at radius 2 is 2.43 bits per heavy atom. The Bertz CT molecular complexity index is 250. The molecule has 1 aliphatic rings. The number of rotatable bonds is 3. The van der Waals surface area contributed by atoms with E-state index >= 15 is 0 Å². The van der Waals surface area contributed by atoms with Crippen LogP contribution in [0.15, 0.2) is 22.8 Å². The molecule has 3 nitrogen and oxygen atoms in total. The summed E-state index contributed by atoms with van der Waals surface area (Å²) in [5.41, 5.74) is 0. The molecule has 3 heteroatoms. The van der Waals surface area contributed by atoms with Crippen LogP contribution < -0.4 is 0 Å². The van der Waals surface area contributed by atoms with E-state index in [2.05, 4.69) is 0 Å². The number of hydrogen-bond donors (Lipinski definition) is 1. The first-order valence-corrected chi connectivity index (χ1v) is 5.19. The summed E-state index contributed by atoms with van der Waals surface area (Å²) in [5, 5.41) is 9.79. The minimum atomic E-state index is -0.520. The average Bonchev–Trinajstić information content (AvgIpc) is 2.72. The van der Waals surface area contributed by atoms with Crippen molar-refractivity contribution in [3.8, 4) is 0 Å². The Balaban J connectivity index is 1.84. The third kappa shape index (κ3) is 2.36. The maximum absolute atomic E-state index is 9.79. The van der Waals surface area contributed by atoms with Crippen molar-refractivity contribution in [3.63, 3.8) is 0 Å². The van der Waals surface area contributed by atoms with E-state index in [9.17, 15) is 5.11 Å². The first-order chi connectivity index (χ1) is 6.86. The van der Waals surface area contributed by atoms with Gasteiger partial charge in [0.05, 0.1) is 12.4 Å². The van der Waals surface area contributed by atoms with Crippen molar-refractivity contribution in [1.82, 2.24) is 0 Å². The van der Waals surface area contributed by atoms with Crippen molar-refractivity contribution in [2.45, 2.75) is 37.9 Å². The molecule has 0 aliphatic carbocycles. The van der Waals surface area contributed by atoms with Gasteiger partial charge in [-0.1, -0.05) is 0 Å². The van der Waals surface area contributed by atoms with E-state index in [1.165, 1.54) is 6.42 Å². The van der Waals surface area contributed by atoms with E-state index < -0.39 is 6.10 Å². The number of ether oxygens (including phenoxy) is 1. The summed E-state index contributed by atoms with van der Waals surface area (Å²) in [4.78, 5) is 0. The highest BCUT2D eigenvalue weighted by molar-refractivity contribution is 5.02. The van der Waals surface area contributed by atoms with E-state index in [-0.39, 0.29) is 6.10 Å². The molecule has 0 spiro atoms. The van der Waals surface area contributed by atoms with Gasteiger partial charge < -0.3 is 14.3 Å². The van der Waals surface area contributed by atoms with Crippen molar-refractivity contribution in [2.75, 3.05) is 6.61 Å². The molecule has 0 bridgehead atoms. The zero-order valence-corrected chi connectivity index (χ0v) is 8.19. The van der Waals surface area contributed by atoms with E-state index in [0.29, 0.717) is 12.2 Å². The van der Waals surface area contributed by atoms with Crippen molar-refractivity contribution in [2.24, 2.45) is 0 Å². The van der Waals surface area contributed by atoms with E-state index in [1.54, 1.807) is 18.4 Å². The van der Waals surface area contributed by atoms with Crippen LogP contribution in [0.25, 0.3) is 0 Å². The van der Waals surface area contributed by atoms with E-state index in [0.717, 1.165) is 19.4 Å². The Morgan fingerprint density at radius 1 is 1.50 bits per heavy atom. The average molecular weight is 196 g/mol. The van der Waals surface area contributed by atoms with Crippen LogP contribution in [0.3, 0.4) is 0 Å². The normalized spacial score (nSPS) is 24.8. The third-order valence-corrected chi connectivity index (χ3v) is 2.63. The van der Waals surface area contributed by atoms with Crippen LogP contribution in [0.4, 0.5) is 0 Å². The van der Waals surface area contributed by atoms with Gasteiger partial charge in [-0.2, -0.15) is 0 Å². The van der Waals surface area contributed by atoms with Gasteiger partial charge in [0.1, 0.15) is 11.9 Å². The minimum absolute atomic E-state index is 0.198. The van der Waals surface area contributed by atoms with Crippen LogP contribution in [0.2, 0.25) is 0 Å². The van der Waals surface area contributed by atoms with E-state index in [1.807, 2.05) is 0 Å². The van der Waals surface area contributed by atoms with Gasteiger partial charge in [-0.15, -0.1) is 0 Å². The molecule has 0 saturated carbocycles. The molecule has 1 aromatic rings. The minimum Gasteiger partial charge on any atom is -0.467 e. The van der Waals surface area contributed by atoms with Gasteiger partial charge in [0.2, 0.25) is 0 Å². The smallest absolute Gasteiger partial charge is 0.132 e. The molecule has 1 N–H and O–H groups in total. The van der Waals surface area contributed by atoms with Crippen LogP contribution in [0, 0.1) is 0 Å². The Kier molecular flexibility index (Phi) is 3.22. The van der Waals surface area contributed by atoms with Gasteiger partial charge >= 0.3 is 0 Å². The summed E-state index contributed by atoms with van der Waals surface area (Å²) >= 11 is 0. The summed E-state index contributed by atoms with van der Waals surface area (Å²) in [6, 6.07) is 3.59. The zero-order chi connectivity index (χ0) is 9.80. The summed E-state index contributed by atoms with van der Waals surface area (Å²) < 4.78 is 10.7. The molecule has 78 valence electrons. The fourth-order valence-corrected chi connectivity index (χ4v) is 1.84. The fraction of sp³-hybridized carbons (Fsp3) is 0.636. The fourth-order valence-electron chi connectivity index (χ4n) is 1.84. The lowest BCUT2D eigenvalue weighted by atomic mass is 10.0. The maximum Gasteiger partial charge on any atom is 0.132 e. The van der Waals surface area contributed by atoms with Gasteiger partial charge in [-0.3, -0.25) is 0 Å². The quantitative estimate of drug-likeness (QED) is 0.806. The predicted molar refractivity (Wildman–Crippen MR) is 51.9 cm³/mol. The summed E-state index contributed by atoms with van der Waals surface area (Å²) in [7, 11) is 0. The van der Waals surface area contributed by atoms with Gasteiger partial charge in [0.15, 0.2) is 0 Å². The number of aliphatic hydroxyl groups excluding tert-OH is 1. The number of hydrogen-bond acceptors (Lipinski definition) is 3. The van der Waals surface area contributed by atoms with Crippen LogP contribution in [-0.2, 0) is 4.74 Å². The van der Waals surface area contributed by atoms with Crippen LogP contribution in [0.5, 0.6) is 0 Å². The molecule has 0 radical (unpaired) electrons. The molecule has 1 aliphatic heterocycles. The second-order valence-corrected chi connectivity index (χ2v) is 3.76. The standard InChI is InChI=1S/C11H16O3/c12-10(11-5-3-7-14-11)8-9-4-1-2-6-13-9/h3,5,7,9-10,12H,1-2,4,6,8H2. The molecule has 0 aromatic carbocycles. The van der Waals surface area contributed by atoms with Crippen molar-refractivity contribution >= 4 is 0 Å².